The van der Waals surface area contributed by atoms with E-state index in [1.807, 2.05) is 48.5 Å². The summed E-state index contributed by atoms with van der Waals surface area (Å²) in [5.74, 6) is -0.797. The molecule has 5 rings (SSSR count). The molecule has 0 fully saturated rings. The van der Waals surface area contributed by atoms with E-state index >= 15 is 0 Å². The van der Waals surface area contributed by atoms with E-state index in [2.05, 4.69) is 0 Å². The zero-order valence-electron chi connectivity index (χ0n) is 18.0. The van der Waals surface area contributed by atoms with Gasteiger partial charge in [-0.15, -0.1) is 0 Å². The molecule has 2 aliphatic rings. The molecule has 1 aromatic heterocycles. The second-order valence-corrected chi connectivity index (χ2v) is 8.50. The Bertz CT molecular complexity index is 1250. The second-order valence-electron chi connectivity index (χ2n) is 8.50. The maximum Gasteiger partial charge on any atom is 0.406 e. The Labute approximate surface area is 188 Å². The van der Waals surface area contributed by atoms with Crippen LogP contribution in [0.5, 0.6) is 0 Å². The molecular formula is C25H22F3N3O2. The molecule has 0 unspecified atom stereocenters. The van der Waals surface area contributed by atoms with Crippen molar-refractivity contribution >= 4 is 5.91 Å². The van der Waals surface area contributed by atoms with Crippen molar-refractivity contribution in [1.29, 1.82) is 0 Å². The van der Waals surface area contributed by atoms with Gasteiger partial charge >= 0.3 is 6.18 Å². The summed E-state index contributed by atoms with van der Waals surface area (Å²) in [6.45, 7) is -0.168. The smallest absolute Gasteiger partial charge is 0.309 e. The molecule has 0 radical (unpaired) electrons. The topological polar surface area (TPSA) is 45.6 Å². The summed E-state index contributed by atoms with van der Waals surface area (Å²) in [5.41, 5.74) is 3.89. The summed E-state index contributed by atoms with van der Waals surface area (Å²) in [4.78, 5) is 26.2. The summed E-state index contributed by atoms with van der Waals surface area (Å²) in [5, 5.41) is 1.76. The number of benzene rings is 2. The molecule has 1 aliphatic carbocycles. The number of hydrogen-bond donors (Lipinski definition) is 0. The summed E-state index contributed by atoms with van der Waals surface area (Å²) in [6, 6.07) is 16.7. The quantitative estimate of drug-likeness (QED) is 0.590. The monoisotopic (exact) mass is 453 g/mol. The van der Waals surface area contributed by atoms with Crippen LogP contribution in [0, 0.1) is 6.92 Å². The summed E-state index contributed by atoms with van der Waals surface area (Å²) in [7, 11) is 0. The number of alkyl halides is 3. The van der Waals surface area contributed by atoms with Crippen LogP contribution in [0.1, 0.15) is 44.3 Å². The van der Waals surface area contributed by atoms with E-state index in [1.54, 1.807) is 9.69 Å². The Hall–Kier alpha value is -3.55. The lowest BCUT2D eigenvalue weighted by molar-refractivity contribution is -0.141. The Morgan fingerprint density at radius 2 is 1.48 bits per heavy atom. The normalized spacial score (nSPS) is 16.2. The number of halogens is 3. The van der Waals surface area contributed by atoms with Crippen LogP contribution in [0.3, 0.4) is 0 Å². The second kappa shape index (κ2) is 7.79. The number of hydrogen-bond acceptors (Lipinski definition) is 3. The van der Waals surface area contributed by atoms with E-state index in [-0.39, 0.29) is 23.4 Å². The summed E-state index contributed by atoms with van der Waals surface area (Å²) < 4.78 is 41.8. The average Bonchev–Trinajstić information content (AvgIpc) is 2.94. The van der Waals surface area contributed by atoms with Gasteiger partial charge in [0, 0.05) is 17.8 Å². The van der Waals surface area contributed by atoms with Crippen LogP contribution in [-0.4, -0.2) is 34.9 Å². The summed E-state index contributed by atoms with van der Waals surface area (Å²) >= 11 is 0. The van der Waals surface area contributed by atoms with E-state index in [0.29, 0.717) is 0 Å². The molecule has 0 spiro atoms. The predicted molar refractivity (Wildman–Crippen MR) is 118 cm³/mol. The minimum atomic E-state index is -4.56. The molecule has 33 heavy (non-hydrogen) atoms. The van der Waals surface area contributed by atoms with Crippen LogP contribution in [0.25, 0.3) is 0 Å². The van der Waals surface area contributed by atoms with Crippen LogP contribution >= 0.6 is 0 Å². The molecule has 1 aliphatic heterocycles. The van der Waals surface area contributed by atoms with Crippen molar-refractivity contribution in [2.24, 2.45) is 0 Å². The number of amides is 1. The van der Waals surface area contributed by atoms with Crippen molar-refractivity contribution in [2.75, 3.05) is 18.2 Å². The molecule has 8 heteroatoms. The minimum absolute atomic E-state index is 0.0304. The van der Waals surface area contributed by atoms with E-state index in [0.717, 1.165) is 40.0 Å². The van der Waals surface area contributed by atoms with Gasteiger partial charge in [-0.1, -0.05) is 48.5 Å². The number of aryl methyl sites for hydroxylation is 2. The van der Waals surface area contributed by atoms with Crippen LogP contribution in [0.4, 0.5) is 13.2 Å². The van der Waals surface area contributed by atoms with Crippen LogP contribution < -0.4 is 10.4 Å². The van der Waals surface area contributed by atoms with Gasteiger partial charge in [-0.2, -0.15) is 13.2 Å². The largest absolute Gasteiger partial charge is 0.406 e. The van der Waals surface area contributed by atoms with Crippen LogP contribution in [0.15, 0.2) is 65.6 Å². The number of carbonyl (C=O) groups is 1. The highest BCUT2D eigenvalue weighted by atomic mass is 19.4. The highest BCUT2D eigenvalue weighted by molar-refractivity contribution is 5.95. The number of pyridine rings is 1. The van der Waals surface area contributed by atoms with E-state index in [9.17, 15) is 22.8 Å². The van der Waals surface area contributed by atoms with Crippen molar-refractivity contribution in [3.63, 3.8) is 0 Å². The Morgan fingerprint density at radius 1 is 0.909 bits per heavy atom. The third-order valence-corrected chi connectivity index (χ3v) is 6.43. The van der Waals surface area contributed by atoms with Crippen molar-refractivity contribution in [3.05, 3.63) is 105 Å². The third kappa shape index (κ3) is 3.69. The molecule has 1 amide bonds. The fourth-order valence-electron chi connectivity index (χ4n) is 4.92. The molecular weight excluding hydrogens is 431 g/mol. The first-order valence-electron chi connectivity index (χ1n) is 10.8. The van der Waals surface area contributed by atoms with Crippen molar-refractivity contribution in [1.82, 2.24) is 9.58 Å². The molecule has 0 N–H and O–H groups in total. The van der Waals surface area contributed by atoms with Gasteiger partial charge in [0.2, 0.25) is 0 Å². The fraction of sp³-hybridized carbons (Fsp3) is 0.280. The number of nitrogens with zero attached hydrogens (tertiary/aromatic N) is 3. The fourth-order valence-corrected chi connectivity index (χ4v) is 4.92. The first-order chi connectivity index (χ1) is 15.7. The van der Waals surface area contributed by atoms with Gasteiger partial charge in [0.25, 0.3) is 5.91 Å². The number of fused-ring (bicyclic) bond motifs is 3. The van der Waals surface area contributed by atoms with Gasteiger partial charge in [0.15, 0.2) is 5.43 Å². The maximum atomic E-state index is 13.4. The first-order valence-corrected chi connectivity index (χ1v) is 10.8. The minimum Gasteiger partial charge on any atom is -0.309 e. The maximum absolute atomic E-state index is 13.4. The van der Waals surface area contributed by atoms with E-state index in [1.165, 1.54) is 19.2 Å². The Balaban J connectivity index is 1.75. The molecule has 5 nitrogen and oxygen atoms in total. The van der Waals surface area contributed by atoms with E-state index in [4.69, 9.17) is 0 Å². The zero-order chi connectivity index (χ0) is 23.3. The highest BCUT2D eigenvalue weighted by Crippen LogP contribution is 2.38. The Kier molecular flexibility index (Phi) is 5.03. The lowest BCUT2D eigenvalue weighted by Gasteiger charge is -2.44. The average molecular weight is 453 g/mol. The predicted octanol–water partition coefficient (Wildman–Crippen LogP) is 3.96. The lowest BCUT2D eigenvalue weighted by Crippen LogP contribution is -2.57. The highest BCUT2D eigenvalue weighted by Gasteiger charge is 2.41. The lowest BCUT2D eigenvalue weighted by atomic mass is 9.94. The van der Waals surface area contributed by atoms with Crippen LogP contribution in [0.2, 0.25) is 0 Å². The van der Waals surface area contributed by atoms with E-state index < -0.39 is 24.7 Å². The number of carbonyl (C=O) groups excluding carboxylic acids is 1. The standard InChI is InChI=1S/C25H22F3N3O2/c1-16-21(32)12-13-30-22(16)24(33)29(14-25(26,27)28)15-31(30)23-19-8-4-2-6-17(19)10-11-18-7-3-5-9-20(18)23/h2-9,12-13,23H,10-11,14-15H2,1H3. The molecule has 0 saturated heterocycles. The third-order valence-electron chi connectivity index (χ3n) is 6.43. The molecule has 3 aromatic rings. The molecule has 0 bridgehead atoms. The van der Waals surface area contributed by atoms with Crippen molar-refractivity contribution in [2.45, 2.75) is 32.0 Å². The number of aromatic nitrogens is 1. The number of rotatable bonds is 2. The van der Waals surface area contributed by atoms with Gasteiger partial charge in [0.1, 0.15) is 18.9 Å². The first kappa shape index (κ1) is 21.3. The van der Waals surface area contributed by atoms with Crippen molar-refractivity contribution in [3.8, 4) is 0 Å². The van der Waals surface area contributed by atoms with Gasteiger partial charge in [-0.05, 0) is 42.0 Å². The van der Waals surface area contributed by atoms with Crippen LogP contribution in [-0.2, 0) is 12.8 Å². The molecule has 0 atom stereocenters. The van der Waals surface area contributed by atoms with Gasteiger partial charge < -0.3 is 4.90 Å². The SMILES string of the molecule is Cc1c2n(ccc1=O)N(C1c3ccccc3CCc3ccccc31)CN(CC(F)(F)F)C2=O. The zero-order valence-corrected chi connectivity index (χ0v) is 18.0. The molecule has 2 heterocycles. The van der Waals surface area contributed by atoms with Gasteiger partial charge in [0.05, 0.1) is 6.04 Å². The van der Waals surface area contributed by atoms with Gasteiger partial charge in [-0.25, -0.2) is 0 Å². The molecule has 0 saturated carbocycles. The Morgan fingerprint density at radius 3 is 2.06 bits per heavy atom. The summed E-state index contributed by atoms with van der Waals surface area (Å²) in [6.07, 6.45) is -1.47. The molecule has 2 aromatic carbocycles. The van der Waals surface area contributed by atoms with Gasteiger partial charge in [-0.3, -0.25) is 19.3 Å². The van der Waals surface area contributed by atoms with Crippen molar-refractivity contribution < 1.29 is 18.0 Å². The molecule has 170 valence electrons.